The SMILES string of the molecule is O=C(O)c1cn(C23CC4CC(CC(C4)C2)C3)c2cc(N3CCNCC3)c(F)cc2c1=O. The molecule has 4 aliphatic carbocycles. The highest BCUT2D eigenvalue weighted by molar-refractivity contribution is 5.93. The maximum Gasteiger partial charge on any atom is 0.341 e. The molecule has 2 heterocycles. The van der Waals surface area contributed by atoms with Gasteiger partial charge in [-0.3, -0.25) is 4.79 Å². The zero-order valence-corrected chi connectivity index (χ0v) is 17.6. The van der Waals surface area contributed by atoms with Crippen LogP contribution in [0.4, 0.5) is 10.1 Å². The van der Waals surface area contributed by atoms with E-state index in [1.807, 2.05) is 11.0 Å². The second kappa shape index (κ2) is 6.79. The van der Waals surface area contributed by atoms with Gasteiger partial charge in [0, 0.05) is 43.3 Å². The first kappa shape index (κ1) is 19.3. The molecule has 5 fully saturated rings. The fraction of sp³-hybridized carbons (Fsp3) is 0.583. The van der Waals surface area contributed by atoms with E-state index in [1.54, 1.807) is 6.20 Å². The zero-order chi connectivity index (χ0) is 21.3. The highest BCUT2D eigenvalue weighted by atomic mass is 19.1. The molecule has 1 aromatic heterocycles. The number of benzene rings is 1. The minimum absolute atomic E-state index is 0.163. The first-order valence-electron chi connectivity index (χ1n) is 11.5. The van der Waals surface area contributed by atoms with E-state index in [0.717, 1.165) is 32.4 Å². The van der Waals surface area contributed by atoms with Gasteiger partial charge < -0.3 is 19.9 Å². The number of nitrogens with one attached hydrogen (secondary N) is 1. The van der Waals surface area contributed by atoms with Crippen molar-refractivity contribution in [1.29, 1.82) is 0 Å². The van der Waals surface area contributed by atoms with E-state index in [-0.39, 0.29) is 16.5 Å². The molecule has 164 valence electrons. The van der Waals surface area contributed by atoms with Gasteiger partial charge >= 0.3 is 5.97 Å². The van der Waals surface area contributed by atoms with E-state index < -0.39 is 17.2 Å². The summed E-state index contributed by atoms with van der Waals surface area (Å²) in [5.74, 6) is 0.314. The van der Waals surface area contributed by atoms with Gasteiger partial charge in [0.25, 0.3) is 0 Å². The van der Waals surface area contributed by atoms with Crippen molar-refractivity contribution in [3.8, 4) is 0 Å². The average molecular weight is 426 g/mol. The molecule has 0 amide bonds. The van der Waals surface area contributed by atoms with E-state index in [1.165, 1.54) is 25.3 Å². The number of anilines is 1. The Bertz CT molecular complexity index is 1100. The summed E-state index contributed by atoms with van der Waals surface area (Å²) in [7, 11) is 0. The minimum Gasteiger partial charge on any atom is -0.477 e. The van der Waals surface area contributed by atoms with Crippen LogP contribution in [0, 0.1) is 23.6 Å². The van der Waals surface area contributed by atoms with E-state index in [2.05, 4.69) is 9.88 Å². The number of rotatable bonds is 3. The third kappa shape index (κ3) is 2.93. The van der Waals surface area contributed by atoms with Gasteiger partial charge in [0.05, 0.1) is 11.2 Å². The van der Waals surface area contributed by atoms with Crippen molar-refractivity contribution in [1.82, 2.24) is 9.88 Å². The number of fused-ring (bicyclic) bond motifs is 1. The van der Waals surface area contributed by atoms with Crippen molar-refractivity contribution in [3.05, 3.63) is 39.9 Å². The highest BCUT2D eigenvalue weighted by Crippen LogP contribution is 2.59. The Balaban J connectivity index is 1.59. The van der Waals surface area contributed by atoms with Crippen LogP contribution < -0.4 is 15.6 Å². The quantitative estimate of drug-likeness (QED) is 0.790. The Hall–Kier alpha value is -2.41. The summed E-state index contributed by atoms with van der Waals surface area (Å²) in [6, 6.07) is 3.08. The number of carboxylic acid groups (broad SMARTS) is 1. The van der Waals surface area contributed by atoms with Crippen molar-refractivity contribution >= 4 is 22.6 Å². The molecule has 31 heavy (non-hydrogen) atoms. The van der Waals surface area contributed by atoms with Crippen molar-refractivity contribution < 1.29 is 14.3 Å². The summed E-state index contributed by atoms with van der Waals surface area (Å²) >= 11 is 0. The molecule has 6 nitrogen and oxygen atoms in total. The van der Waals surface area contributed by atoms with Crippen molar-refractivity contribution in [2.24, 2.45) is 17.8 Å². The normalized spacial score (nSPS) is 32.0. The van der Waals surface area contributed by atoms with Crippen LogP contribution in [0.5, 0.6) is 0 Å². The number of nitrogens with zero attached hydrogens (tertiary/aromatic N) is 2. The van der Waals surface area contributed by atoms with Crippen molar-refractivity contribution in [3.63, 3.8) is 0 Å². The maximum atomic E-state index is 15.2. The Kier molecular flexibility index (Phi) is 4.23. The molecule has 0 radical (unpaired) electrons. The molecular weight excluding hydrogens is 397 g/mol. The van der Waals surface area contributed by atoms with E-state index in [0.29, 0.717) is 42.0 Å². The maximum absolute atomic E-state index is 15.2. The second-order valence-corrected chi connectivity index (χ2v) is 10.2. The summed E-state index contributed by atoms with van der Waals surface area (Å²) in [5.41, 5.74) is 0.192. The monoisotopic (exact) mass is 425 g/mol. The average Bonchev–Trinajstić information content (AvgIpc) is 2.73. The topological polar surface area (TPSA) is 74.6 Å². The summed E-state index contributed by atoms with van der Waals surface area (Å²) in [6.07, 6.45) is 8.44. The lowest BCUT2D eigenvalue weighted by atomic mass is 9.53. The molecule has 1 aliphatic heterocycles. The second-order valence-electron chi connectivity index (χ2n) is 10.2. The van der Waals surface area contributed by atoms with Crippen LogP contribution in [0.2, 0.25) is 0 Å². The molecule has 1 saturated heterocycles. The summed E-state index contributed by atoms with van der Waals surface area (Å²) in [5, 5.41) is 13.2. The number of pyridine rings is 1. The molecule has 4 bridgehead atoms. The molecule has 0 spiro atoms. The number of hydrogen-bond donors (Lipinski definition) is 2. The highest BCUT2D eigenvalue weighted by Gasteiger charge is 2.52. The van der Waals surface area contributed by atoms with Gasteiger partial charge in [-0.15, -0.1) is 0 Å². The van der Waals surface area contributed by atoms with Gasteiger partial charge in [-0.25, -0.2) is 9.18 Å². The minimum atomic E-state index is -1.24. The Morgan fingerprint density at radius 2 is 1.68 bits per heavy atom. The lowest BCUT2D eigenvalue weighted by molar-refractivity contribution is -0.0411. The number of piperazine rings is 1. The predicted octanol–water partition coefficient (Wildman–Crippen LogP) is 3.17. The van der Waals surface area contributed by atoms with Gasteiger partial charge in [0.1, 0.15) is 11.4 Å². The molecule has 7 rings (SSSR count). The number of halogens is 1. The van der Waals surface area contributed by atoms with Gasteiger partial charge in [-0.05, 0) is 68.4 Å². The van der Waals surface area contributed by atoms with Crippen LogP contribution in [0.1, 0.15) is 48.9 Å². The van der Waals surface area contributed by atoms with Gasteiger partial charge in [-0.2, -0.15) is 0 Å². The van der Waals surface area contributed by atoms with Crippen molar-refractivity contribution in [2.75, 3.05) is 31.1 Å². The smallest absolute Gasteiger partial charge is 0.341 e. The zero-order valence-electron chi connectivity index (χ0n) is 17.6. The van der Waals surface area contributed by atoms with Crippen LogP contribution in [0.25, 0.3) is 10.9 Å². The molecule has 2 aromatic rings. The molecule has 7 heteroatoms. The lowest BCUT2D eigenvalue weighted by Crippen LogP contribution is -2.52. The molecule has 0 unspecified atom stereocenters. The first-order valence-corrected chi connectivity index (χ1v) is 11.5. The first-order chi connectivity index (χ1) is 14.9. The molecule has 5 aliphatic rings. The molecule has 4 saturated carbocycles. The van der Waals surface area contributed by atoms with Crippen LogP contribution in [-0.2, 0) is 5.54 Å². The van der Waals surface area contributed by atoms with Crippen LogP contribution in [0.15, 0.2) is 23.1 Å². The number of carbonyl (C=O) groups is 1. The lowest BCUT2D eigenvalue weighted by Gasteiger charge is -2.58. The third-order valence-electron chi connectivity index (χ3n) is 8.28. The van der Waals surface area contributed by atoms with Gasteiger partial charge in [-0.1, -0.05) is 0 Å². The van der Waals surface area contributed by atoms with E-state index in [4.69, 9.17) is 0 Å². The molecule has 2 N–H and O–H groups in total. The Morgan fingerprint density at radius 3 is 2.26 bits per heavy atom. The van der Waals surface area contributed by atoms with Gasteiger partial charge in [0.2, 0.25) is 5.43 Å². The summed E-state index contributed by atoms with van der Waals surface area (Å²) in [6.45, 7) is 2.99. The summed E-state index contributed by atoms with van der Waals surface area (Å²) in [4.78, 5) is 26.9. The van der Waals surface area contributed by atoms with Gasteiger partial charge in [0.15, 0.2) is 0 Å². The third-order valence-corrected chi connectivity index (χ3v) is 8.28. The number of hydrogen-bond acceptors (Lipinski definition) is 4. The standard InChI is InChI=1S/C24H28FN3O3/c25-19-8-17-20(9-21(19)27-3-1-26-2-4-27)28(13-18(22(17)29)23(30)31)24-10-14-5-15(11-24)7-16(6-14)12-24/h8-9,13-16,26H,1-7,10-12H2,(H,30,31). The summed E-state index contributed by atoms with van der Waals surface area (Å²) < 4.78 is 17.2. The number of carboxylic acids is 1. The predicted molar refractivity (Wildman–Crippen MR) is 116 cm³/mol. The Morgan fingerprint density at radius 1 is 1.06 bits per heavy atom. The Labute approximate surface area is 180 Å². The fourth-order valence-corrected chi connectivity index (χ4v) is 7.39. The van der Waals surface area contributed by atoms with Crippen molar-refractivity contribution in [2.45, 2.75) is 44.1 Å². The number of aromatic nitrogens is 1. The molecule has 1 aromatic carbocycles. The van der Waals surface area contributed by atoms with Crippen LogP contribution >= 0.6 is 0 Å². The fourth-order valence-electron chi connectivity index (χ4n) is 7.39. The van der Waals surface area contributed by atoms with Crippen LogP contribution in [0.3, 0.4) is 0 Å². The number of aromatic carboxylic acids is 1. The molecular formula is C24H28FN3O3. The van der Waals surface area contributed by atoms with E-state index >= 15 is 4.39 Å². The van der Waals surface area contributed by atoms with E-state index in [9.17, 15) is 14.7 Å². The molecule has 0 atom stereocenters. The largest absolute Gasteiger partial charge is 0.477 e. The van der Waals surface area contributed by atoms with Crippen LogP contribution in [-0.4, -0.2) is 41.8 Å².